The lowest BCUT2D eigenvalue weighted by molar-refractivity contribution is 0.412. The summed E-state index contributed by atoms with van der Waals surface area (Å²) in [5, 5.41) is 0.900. The Hall–Kier alpha value is -1.33. The van der Waals surface area contributed by atoms with Gasteiger partial charge in [0.15, 0.2) is 5.03 Å². The van der Waals surface area contributed by atoms with Crippen LogP contribution in [0, 0.1) is 0 Å². The van der Waals surface area contributed by atoms with Crippen LogP contribution in [0.3, 0.4) is 0 Å². The van der Waals surface area contributed by atoms with Crippen molar-refractivity contribution in [3.05, 3.63) is 30.5 Å². The van der Waals surface area contributed by atoms with Gasteiger partial charge in [-0.25, -0.2) is 0 Å². The highest BCUT2D eigenvalue weighted by atomic mass is 32.2. The summed E-state index contributed by atoms with van der Waals surface area (Å²) < 4.78 is 32.2. The third-order valence-corrected chi connectivity index (χ3v) is 2.65. The molecule has 2 rings (SSSR count). The number of hydrogen-bond acceptors (Lipinski definition) is 2. The van der Waals surface area contributed by atoms with E-state index in [-0.39, 0.29) is 5.03 Å². The molecule has 67 valence electrons. The Balaban J connectivity index is 2.87. The molecule has 5 heteroatoms. The third kappa shape index (κ3) is 1.32. The zero-order chi connectivity index (χ0) is 9.47. The molecule has 13 heavy (non-hydrogen) atoms. The number of nitrogens with one attached hydrogen (secondary N) is 1. The van der Waals surface area contributed by atoms with E-state index in [4.69, 9.17) is 0 Å². The molecular weight excluding hydrogens is 190 g/mol. The molecule has 0 atom stereocenters. The SMILES string of the molecule is [O]S(=O)(=O)c1[nH]cc2ccccc12. The molecule has 4 nitrogen and oxygen atoms in total. The number of aromatic nitrogens is 1. The monoisotopic (exact) mass is 196 g/mol. The number of fused-ring (bicyclic) bond motifs is 1. The van der Waals surface area contributed by atoms with Gasteiger partial charge in [0.2, 0.25) is 0 Å². The highest BCUT2D eigenvalue weighted by Crippen LogP contribution is 2.21. The minimum atomic E-state index is -4.39. The lowest BCUT2D eigenvalue weighted by Crippen LogP contribution is -1.96. The average molecular weight is 196 g/mol. The highest BCUT2D eigenvalue weighted by Gasteiger charge is 2.16. The average Bonchev–Trinajstić information content (AvgIpc) is 2.45. The van der Waals surface area contributed by atoms with Gasteiger partial charge in [-0.1, -0.05) is 28.8 Å². The molecule has 0 saturated heterocycles. The second kappa shape index (κ2) is 2.58. The number of hydrogen-bond donors (Lipinski definition) is 1. The summed E-state index contributed by atoms with van der Waals surface area (Å²) in [6.07, 6.45) is 1.50. The summed E-state index contributed by atoms with van der Waals surface area (Å²) in [5.74, 6) is 0. The maximum Gasteiger partial charge on any atom is 0.340 e. The Morgan fingerprint density at radius 1 is 1.15 bits per heavy atom. The van der Waals surface area contributed by atoms with Crippen molar-refractivity contribution in [3.63, 3.8) is 0 Å². The highest BCUT2D eigenvalue weighted by molar-refractivity contribution is 7.85. The fraction of sp³-hybridized carbons (Fsp3) is 0. The van der Waals surface area contributed by atoms with E-state index in [1.165, 1.54) is 6.20 Å². The Morgan fingerprint density at radius 3 is 2.54 bits per heavy atom. The summed E-state index contributed by atoms with van der Waals surface area (Å²) in [7, 11) is -4.39. The predicted molar refractivity (Wildman–Crippen MR) is 46.2 cm³/mol. The van der Waals surface area contributed by atoms with Crippen LogP contribution in [0.2, 0.25) is 0 Å². The number of rotatable bonds is 1. The molecule has 2 aromatic rings. The van der Waals surface area contributed by atoms with Gasteiger partial charge in [-0.2, -0.15) is 8.42 Å². The van der Waals surface area contributed by atoms with E-state index in [1.807, 2.05) is 0 Å². The second-order valence-corrected chi connectivity index (χ2v) is 3.98. The molecule has 1 aromatic heterocycles. The summed E-state index contributed by atoms with van der Waals surface area (Å²) in [5.41, 5.74) is 0. The van der Waals surface area contributed by atoms with Gasteiger partial charge >= 0.3 is 10.1 Å². The molecule has 0 bridgehead atoms. The molecule has 0 fully saturated rings. The van der Waals surface area contributed by atoms with Crippen LogP contribution in [-0.2, 0) is 14.7 Å². The molecule has 0 aliphatic heterocycles. The van der Waals surface area contributed by atoms with Crippen molar-refractivity contribution >= 4 is 20.9 Å². The molecule has 0 aliphatic carbocycles. The van der Waals surface area contributed by atoms with Gasteiger partial charge in [-0.3, -0.25) is 0 Å². The first-order chi connectivity index (χ1) is 6.09. The molecular formula is C8H6NO3S. The first-order valence-electron chi connectivity index (χ1n) is 3.61. The van der Waals surface area contributed by atoms with E-state index >= 15 is 0 Å². The van der Waals surface area contributed by atoms with Crippen LogP contribution >= 0.6 is 0 Å². The molecule has 0 saturated carbocycles. The van der Waals surface area contributed by atoms with E-state index in [0.29, 0.717) is 5.39 Å². The Bertz CT molecular complexity index is 541. The smallest absolute Gasteiger partial charge is 0.340 e. The van der Waals surface area contributed by atoms with Crippen molar-refractivity contribution in [2.24, 2.45) is 0 Å². The lowest BCUT2D eigenvalue weighted by Gasteiger charge is -1.90. The summed E-state index contributed by atoms with van der Waals surface area (Å²) in [6, 6.07) is 6.79. The third-order valence-electron chi connectivity index (χ3n) is 1.81. The lowest BCUT2D eigenvalue weighted by atomic mass is 10.2. The predicted octanol–water partition coefficient (Wildman–Crippen LogP) is 1.29. The zero-order valence-corrected chi connectivity index (χ0v) is 7.34. The minimum Gasteiger partial charge on any atom is -0.349 e. The molecule has 0 aliphatic rings. The van der Waals surface area contributed by atoms with Crippen LogP contribution in [0.25, 0.3) is 10.8 Å². The van der Waals surface area contributed by atoms with Gasteiger partial charge in [0.25, 0.3) is 0 Å². The van der Waals surface area contributed by atoms with Crippen molar-refractivity contribution in [1.82, 2.24) is 4.98 Å². The molecule has 0 unspecified atom stereocenters. The Labute approximate surface area is 75.0 Å². The van der Waals surface area contributed by atoms with Gasteiger partial charge in [-0.15, -0.1) is 0 Å². The van der Waals surface area contributed by atoms with Crippen LogP contribution in [0.4, 0.5) is 0 Å². The maximum atomic E-state index is 10.7. The van der Waals surface area contributed by atoms with Gasteiger partial charge in [0.1, 0.15) is 0 Å². The topological polar surface area (TPSA) is 69.8 Å². The number of benzene rings is 1. The minimum absolute atomic E-state index is 0.261. The number of aromatic amines is 1. The van der Waals surface area contributed by atoms with Gasteiger partial charge in [0, 0.05) is 17.0 Å². The molecule has 1 aromatic carbocycles. The fourth-order valence-electron chi connectivity index (χ4n) is 1.26. The van der Waals surface area contributed by atoms with Gasteiger partial charge in [-0.05, 0) is 0 Å². The van der Waals surface area contributed by atoms with Crippen LogP contribution in [0.1, 0.15) is 0 Å². The van der Waals surface area contributed by atoms with E-state index in [0.717, 1.165) is 5.39 Å². The first-order valence-corrected chi connectivity index (χ1v) is 5.02. The maximum absolute atomic E-state index is 10.7. The van der Waals surface area contributed by atoms with Gasteiger partial charge < -0.3 is 4.98 Å². The van der Waals surface area contributed by atoms with Crippen molar-refractivity contribution < 1.29 is 13.0 Å². The van der Waals surface area contributed by atoms with Crippen molar-refractivity contribution in [1.29, 1.82) is 0 Å². The van der Waals surface area contributed by atoms with Crippen molar-refractivity contribution in [2.45, 2.75) is 5.03 Å². The molecule has 1 heterocycles. The fourth-order valence-corrected chi connectivity index (χ4v) is 1.92. The molecule has 0 spiro atoms. The second-order valence-electron chi connectivity index (χ2n) is 2.66. The normalized spacial score (nSPS) is 12.1. The number of H-pyrrole nitrogens is 1. The van der Waals surface area contributed by atoms with Crippen LogP contribution in [0.5, 0.6) is 0 Å². The molecule has 1 N–H and O–H groups in total. The van der Waals surface area contributed by atoms with Crippen LogP contribution in [-0.4, -0.2) is 13.4 Å². The summed E-state index contributed by atoms with van der Waals surface area (Å²) >= 11 is 0. The Morgan fingerprint density at radius 2 is 1.85 bits per heavy atom. The van der Waals surface area contributed by atoms with Crippen molar-refractivity contribution in [2.75, 3.05) is 0 Å². The zero-order valence-electron chi connectivity index (χ0n) is 6.52. The van der Waals surface area contributed by atoms with Gasteiger partial charge in [0.05, 0.1) is 0 Å². The Kier molecular flexibility index (Phi) is 1.64. The van der Waals surface area contributed by atoms with Crippen LogP contribution < -0.4 is 0 Å². The van der Waals surface area contributed by atoms with E-state index in [2.05, 4.69) is 4.98 Å². The first kappa shape index (κ1) is 8.28. The summed E-state index contributed by atoms with van der Waals surface area (Å²) in [4.78, 5) is 2.45. The summed E-state index contributed by atoms with van der Waals surface area (Å²) in [6.45, 7) is 0. The van der Waals surface area contributed by atoms with E-state index < -0.39 is 10.1 Å². The van der Waals surface area contributed by atoms with E-state index in [1.54, 1.807) is 24.3 Å². The standard InChI is InChI=1S/C8H6NO3S/c10-13(11,12)8-7-4-2-1-3-6(7)5-9-8/h1-5,9H. The quantitative estimate of drug-likeness (QED) is 0.746. The van der Waals surface area contributed by atoms with Crippen molar-refractivity contribution in [3.8, 4) is 0 Å². The molecule has 1 radical (unpaired) electrons. The van der Waals surface area contributed by atoms with Crippen LogP contribution in [0.15, 0.2) is 35.5 Å². The largest absolute Gasteiger partial charge is 0.349 e. The van der Waals surface area contributed by atoms with E-state index in [9.17, 15) is 13.0 Å². The molecule has 0 amide bonds.